The predicted molar refractivity (Wildman–Crippen MR) is 51.6 cm³/mol. The van der Waals surface area contributed by atoms with E-state index in [1.165, 1.54) is 4.68 Å². The average Bonchev–Trinajstić information content (AvgIpc) is 2.59. The van der Waals surface area contributed by atoms with Gasteiger partial charge in [-0.05, 0) is 6.54 Å². The van der Waals surface area contributed by atoms with Crippen molar-refractivity contribution < 1.29 is 14.6 Å². The van der Waals surface area contributed by atoms with Gasteiger partial charge in [-0.1, -0.05) is 5.21 Å². The fraction of sp³-hybridized carbons (Fsp3) is 0.625. The number of nitrogens with zero attached hydrogens (tertiary/aromatic N) is 3. The van der Waals surface area contributed by atoms with Crippen molar-refractivity contribution in [3.05, 3.63) is 11.4 Å². The van der Waals surface area contributed by atoms with E-state index in [9.17, 15) is 4.79 Å². The van der Waals surface area contributed by atoms with Gasteiger partial charge < -0.3 is 15.6 Å². The molecule has 84 valence electrons. The Morgan fingerprint density at radius 1 is 1.67 bits per heavy atom. The van der Waals surface area contributed by atoms with Gasteiger partial charge in [-0.25, -0.2) is 9.48 Å². The monoisotopic (exact) mass is 214 g/mol. The Morgan fingerprint density at radius 3 is 2.93 bits per heavy atom. The predicted octanol–water partition coefficient (Wildman–Crippen LogP) is -0.876. The summed E-state index contributed by atoms with van der Waals surface area (Å²) >= 11 is 0. The lowest BCUT2D eigenvalue weighted by Gasteiger charge is -2.04. The highest BCUT2D eigenvalue weighted by atomic mass is 16.5. The van der Waals surface area contributed by atoms with E-state index in [-0.39, 0.29) is 5.69 Å². The fourth-order valence-electron chi connectivity index (χ4n) is 1.24. The van der Waals surface area contributed by atoms with Crippen LogP contribution in [0.15, 0.2) is 0 Å². The van der Waals surface area contributed by atoms with Gasteiger partial charge in [-0.2, -0.15) is 0 Å². The first-order valence-corrected chi connectivity index (χ1v) is 4.55. The van der Waals surface area contributed by atoms with Crippen LogP contribution in [0, 0.1) is 0 Å². The standard InChI is InChI=1S/C8H14N4O3/c1-15-5-4-12-6(2-3-9)7(8(13)14)10-11-12/h2-5,9H2,1H3,(H,13,14). The zero-order valence-electron chi connectivity index (χ0n) is 8.51. The van der Waals surface area contributed by atoms with Crippen LogP contribution in [0.5, 0.6) is 0 Å². The highest BCUT2D eigenvalue weighted by Crippen LogP contribution is 2.06. The number of carboxylic acids is 1. The van der Waals surface area contributed by atoms with Crippen molar-refractivity contribution in [3.8, 4) is 0 Å². The Bertz CT molecular complexity index is 337. The lowest BCUT2D eigenvalue weighted by molar-refractivity contribution is 0.0689. The normalized spacial score (nSPS) is 10.5. The molecule has 0 atom stereocenters. The SMILES string of the molecule is COCCn1nnc(C(=O)O)c1CCN. The smallest absolute Gasteiger partial charge is 0.358 e. The van der Waals surface area contributed by atoms with Crippen LogP contribution in [0.3, 0.4) is 0 Å². The second-order valence-electron chi connectivity index (χ2n) is 2.94. The molecule has 0 fully saturated rings. The van der Waals surface area contributed by atoms with E-state index in [1.54, 1.807) is 7.11 Å². The van der Waals surface area contributed by atoms with Crippen molar-refractivity contribution in [2.75, 3.05) is 20.3 Å². The first kappa shape index (κ1) is 11.6. The summed E-state index contributed by atoms with van der Waals surface area (Å²) in [5, 5.41) is 16.2. The van der Waals surface area contributed by atoms with Crippen LogP contribution in [0.4, 0.5) is 0 Å². The van der Waals surface area contributed by atoms with E-state index >= 15 is 0 Å². The number of aromatic nitrogens is 3. The zero-order valence-corrected chi connectivity index (χ0v) is 8.51. The summed E-state index contributed by atoms with van der Waals surface area (Å²) in [6.45, 7) is 1.30. The van der Waals surface area contributed by atoms with Crippen molar-refractivity contribution in [1.82, 2.24) is 15.0 Å². The van der Waals surface area contributed by atoms with Crippen molar-refractivity contribution in [3.63, 3.8) is 0 Å². The van der Waals surface area contributed by atoms with Crippen LogP contribution in [-0.2, 0) is 17.7 Å². The molecule has 0 aliphatic rings. The number of carbonyl (C=O) groups is 1. The third-order valence-corrected chi connectivity index (χ3v) is 1.93. The molecule has 1 aromatic rings. The Hall–Kier alpha value is -1.47. The summed E-state index contributed by atoms with van der Waals surface area (Å²) in [4.78, 5) is 10.8. The van der Waals surface area contributed by atoms with Gasteiger partial charge in [0.1, 0.15) is 0 Å². The molecule has 1 heterocycles. The molecule has 7 heteroatoms. The molecule has 0 aliphatic carbocycles. The minimum absolute atomic E-state index is 0.0310. The number of carboxylic acid groups (broad SMARTS) is 1. The third-order valence-electron chi connectivity index (χ3n) is 1.93. The number of hydrogen-bond donors (Lipinski definition) is 2. The summed E-state index contributed by atoms with van der Waals surface area (Å²) in [7, 11) is 1.57. The molecule has 3 N–H and O–H groups in total. The molecule has 0 saturated carbocycles. The zero-order chi connectivity index (χ0) is 11.3. The molecule has 0 bridgehead atoms. The highest BCUT2D eigenvalue weighted by Gasteiger charge is 2.17. The van der Waals surface area contributed by atoms with E-state index < -0.39 is 5.97 Å². The van der Waals surface area contributed by atoms with Crippen LogP contribution in [0.2, 0.25) is 0 Å². The van der Waals surface area contributed by atoms with Crippen molar-refractivity contribution >= 4 is 5.97 Å². The van der Waals surface area contributed by atoms with E-state index in [4.69, 9.17) is 15.6 Å². The van der Waals surface area contributed by atoms with Gasteiger partial charge in [0, 0.05) is 13.5 Å². The number of rotatable bonds is 6. The minimum Gasteiger partial charge on any atom is -0.476 e. The number of methoxy groups -OCH3 is 1. The lowest BCUT2D eigenvalue weighted by atomic mass is 10.2. The molecule has 0 spiro atoms. The fourth-order valence-corrected chi connectivity index (χ4v) is 1.24. The Morgan fingerprint density at radius 2 is 2.40 bits per heavy atom. The minimum atomic E-state index is -1.08. The van der Waals surface area contributed by atoms with E-state index in [1.807, 2.05) is 0 Å². The van der Waals surface area contributed by atoms with Gasteiger partial charge in [-0.3, -0.25) is 0 Å². The van der Waals surface area contributed by atoms with Crippen LogP contribution in [-0.4, -0.2) is 46.3 Å². The van der Waals surface area contributed by atoms with E-state index in [0.717, 1.165) is 0 Å². The van der Waals surface area contributed by atoms with Gasteiger partial charge in [0.15, 0.2) is 5.69 Å². The lowest BCUT2D eigenvalue weighted by Crippen LogP contribution is -2.15. The Balaban J connectivity index is 2.90. The average molecular weight is 214 g/mol. The molecule has 0 radical (unpaired) electrons. The second-order valence-corrected chi connectivity index (χ2v) is 2.94. The molecule has 1 aromatic heterocycles. The quantitative estimate of drug-likeness (QED) is 0.637. The summed E-state index contributed by atoms with van der Waals surface area (Å²) in [6, 6.07) is 0. The molecule has 0 amide bonds. The Kier molecular flexibility index (Phi) is 4.19. The topological polar surface area (TPSA) is 103 Å². The first-order valence-electron chi connectivity index (χ1n) is 4.55. The van der Waals surface area contributed by atoms with E-state index in [2.05, 4.69) is 10.3 Å². The van der Waals surface area contributed by atoms with Gasteiger partial charge in [-0.15, -0.1) is 5.10 Å². The largest absolute Gasteiger partial charge is 0.476 e. The van der Waals surface area contributed by atoms with Crippen LogP contribution in [0.25, 0.3) is 0 Å². The van der Waals surface area contributed by atoms with Crippen LogP contribution in [0.1, 0.15) is 16.2 Å². The molecular weight excluding hydrogens is 200 g/mol. The summed E-state index contributed by atoms with van der Waals surface area (Å²) in [6.07, 6.45) is 0.443. The summed E-state index contributed by atoms with van der Waals surface area (Å²) in [5.74, 6) is -1.08. The molecular formula is C8H14N4O3. The number of aromatic carboxylic acids is 1. The highest BCUT2D eigenvalue weighted by molar-refractivity contribution is 5.86. The first-order chi connectivity index (χ1) is 7.20. The molecule has 0 saturated heterocycles. The maximum atomic E-state index is 10.8. The third kappa shape index (κ3) is 2.74. The summed E-state index contributed by atoms with van der Waals surface area (Å²) < 4.78 is 6.40. The Labute approximate surface area is 86.8 Å². The number of hydrogen-bond acceptors (Lipinski definition) is 5. The maximum absolute atomic E-state index is 10.8. The van der Waals surface area contributed by atoms with Crippen molar-refractivity contribution in [2.24, 2.45) is 5.73 Å². The summed E-state index contributed by atoms with van der Waals surface area (Å²) in [5.41, 5.74) is 5.91. The molecule has 7 nitrogen and oxygen atoms in total. The van der Waals surface area contributed by atoms with E-state index in [0.29, 0.717) is 31.8 Å². The number of ether oxygens (including phenoxy) is 1. The second kappa shape index (κ2) is 5.42. The van der Waals surface area contributed by atoms with Gasteiger partial charge in [0.25, 0.3) is 0 Å². The van der Waals surface area contributed by atoms with Gasteiger partial charge in [0.05, 0.1) is 18.8 Å². The van der Waals surface area contributed by atoms with Crippen molar-refractivity contribution in [1.29, 1.82) is 0 Å². The molecule has 15 heavy (non-hydrogen) atoms. The maximum Gasteiger partial charge on any atom is 0.358 e. The molecule has 0 aromatic carbocycles. The molecule has 0 aliphatic heterocycles. The molecule has 1 rings (SSSR count). The van der Waals surface area contributed by atoms with Gasteiger partial charge in [0.2, 0.25) is 0 Å². The van der Waals surface area contributed by atoms with Crippen LogP contribution < -0.4 is 5.73 Å². The molecule has 0 unspecified atom stereocenters. The van der Waals surface area contributed by atoms with Gasteiger partial charge >= 0.3 is 5.97 Å². The number of nitrogens with two attached hydrogens (primary N) is 1. The van der Waals surface area contributed by atoms with Crippen LogP contribution >= 0.6 is 0 Å². The van der Waals surface area contributed by atoms with Crippen molar-refractivity contribution in [2.45, 2.75) is 13.0 Å².